The van der Waals surface area contributed by atoms with Crippen LogP contribution in [0, 0.1) is 0 Å². The Balaban J connectivity index is 1.96. The molecule has 0 saturated carbocycles. The van der Waals surface area contributed by atoms with E-state index in [-0.39, 0.29) is 18.2 Å². The van der Waals surface area contributed by atoms with Crippen LogP contribution in [-0.2, 0) is 4.74 Å². The van der Waals surface area contributed by atoms with E-state index < -0.39 is 5.60 Å². The molecule has 2 atom stereocenters. The van der Waals surface area contributed by atoms with Crippen LogP contribution in [0.4, 0.5) is 4.79 Å². The normalized spacial score (nSPS) is 21.4. The zero-order valence-electron chi connectivity index (χ0n) is 14.3. The fraction of sp³-hybridized carbons (Fsp3) is 0.706. The zero-order chi connectivity index (χ0) is 16.3. The molecule has 0 aliphatic carbocycles. The second-order valence-electron chi connectivity index (χ2n) is 7.07. The van der Waals surface area contributed by atoms with E-state index in [2.05, 4.69) is 11.8 Å². The van der Waals surface area contributed by atoms with Gasteiger partial charge in [-0.05, 0) is 59.2 Å². The van der Waals surface area contributed by atoms with Gasteiger partial charge in [0.25, 0.3) is 0 Å². The summed E-state index contributed by atoms with van der Waals surface area (Å²) in [4.78, 5) is 16.3. The number of furan rings is 1. The molecule has 1 fully saturated rings. The van der Waals surface area contributed by atoms with Crippen LogP contribution in [0.3, 0.4) is 0 Å². The lowest BCUT2D eigenvalue weighted by Gasteiger charge is -2.40. The summed E-state index contributed by atoms with van der Waals surface area (Å²) in [6.45, 7) is 9.70. The molecule has 0 N–H and O–H groups in total. The van der Waals surface area contributed by atoms with Gasteiger partial charge in [0, 0.05) is 19.6 Å². The van der Waals surface area contributed by atoms with Crippen molar-refractivity contribution in [2.45, 2.75) is 58.2 Å². The largest absolute Gasteiger partial charge is 0.468 e. The minimum absolute atomic E-state index is 0.181. The predicted octanol–water partition coefficient (Wildman–Crippen LogP) is 3.67. The van der Waals surface area contributed by atoms with Gasteiger partial charge in [-0.1, -0.05) is 0 Å². The highest BCUT2D eigenvalue weighted by Gasteiger charge is 2.31. The summed E-state index contributed by atoms with van der Waals surface area (Å²) in [5, 5.41) is 0. The summed E-state index contributed by atoms with van der Waals surface area (Å²) in [5.41, 5.74) is -0.457. The number of carbonyl (C=O) groups is 1. The van der Waals surface area contributed by atoms with Crippen LogP contribution in [0.25, 0.3) is 0 Å². The number of piperidine rings is 1. The van der Waals surface area contributed by atoms with Crippen molar-refractivity contribution in [3.05, 3.63) is 24.2 Å². The number of nitrogens with zero attached hydrogens (tertiary/aromatic N) is 2. The Hall–Kier alpha value is -1.49. The van der Waals surface area contributed by atoms with Crippen LogP contribution in [-0.4, -0.2) is 47.7 Å². The summed E-state index contributed by atoms with van der Waals surface area (Å²) < 4.78 is 11.0. The van der Waals surface area contributed by atoms with Crippen molar-refractivity contribution in [1.82, 2.24) is 9.80 Å². The summed E-state index contributed by atoms with van der Waals surface area (Å²) in [5.74, 6) is 0.973. The van der Waals surface area contributed by atoms with Gasteiger partial charge >= 0.3 is 6.09 Å². The van der Waals surface area contributed by atoms with Crippen molar-refractivity contribution < 1.29 is 13.9 Å². The van der Waals surface area contributed by atoms with Gasteiger partial charge in [-0.15, -0.1) is 0 Å². The Kier molecular flexibility index (Phi) is 5.16. The third-order valence-corrected chi connectivity index (χ3v) is 4.16. The SMILES string of the molecule is C[C@H](c1ccco1)N1CCC[C@@H](N(C)C(=O)OC(C)(C)C)C1. The first-order chi connectivity index (χ1) is 10.3. The molecular formula is C17H28N2O3. The average Bonchev–Trinajstić information content (AvgIpc) is 2.98. The van der Waals surface area contributed by atoms with E-state index in [0.717, 1.165) is 31.7 Å². The molecule has 0 unspecified atom stereocenters. The number of rotatable bonds is 3. The number of ether oxygens (including phenoxy) is 1. The minimum atomic E-state index is -0.457. The summed E-state index contributed by atoms with van der Waals surface area (Å²) in [7, 11) is 1.83. The first-order valence-corrected chi connectivity index (χ1v) is 8.01. The molecule has 1 aliphatic rings. The van der Waals surface area contributed by atoms with Gasteiger partial charge in [-0.25, -0.2) is 4.79 Å². The molecule has 0 bridgehead atoms. The maximum atomic E-state index is 12.2. The monoisotopic (exact) mass is 308 g/mol. The van der Waals surface area contributed by atoms with Gasteiger partial charge in [0.15, 0.2) is 0 Å². The third-order valence-electron chi connectivity index (χ3n) is 4.16. The Bertz CT molecular complexity index is 479. The lowest BCUT2D eigenvalue weighted by atomic mass is 10.0. The van der Waals surface area contributed by atoms with Crippen molar-refractivity contribution in [3.8, 4) is 0 Å². The van der Waals surface area contributed by atoms with Crippen molar-refractivity contribution in [2.24, 2.45) is 0 Å². The number of carbonyl (C=O) groups excluding carboxylic acids is 1. The lowest BCUT2D eigenvalue weighted by molar-refractivity contribution is 0.00972. The molecule has 2 rings (SSSR count). The van der Waals surface area contributed by atoms with E-state index in [0.29, 0.717) is 0 Å². The highest BCUT2D eigenvalue weighted by atomic mass is 16.6. The number of likely N-dealkylation sites (tertiary alicyclic amines) is 1. The quantitative estimate of drug-likeness (QED) is 0.854. The van der Waals surface area contributed by atoms with E-state index >= 15 is 0 Å². The Morgan fingerprint density at radius 1 is 1.50 bits per heavy atom. The number of hydrogen-bond donors (Lipinski definition) is 0. The molecule has 22 heavy (non-hydrogen) atoms. The fourth-order valence-corrected chi connectivity index (χ4v) is 2.84. The van der Waals surface area contributed by atoms with Gasteiger partial charge < -0.3 is 14.1 Å². The molecule has 1 saturated heterocycles. The lowest BCUT2D eigenvalue weighted by Crippen LogP contribution is -2.50. The summed E-state index contributed by atoms with van der Waals surface area (Å²) >= 11 is 0. The predicted molar refractivity (Wildman–Crippen MR) is 85.7 cm³/mol. The van der Waals surface area contributed by atoms with Gasteiger partial charge in [0.1, 0.15) is 11.4 Å². The maximum Gasteiger partial charge on any atom is 0.410 e. The van der Waals surface area contributed by atoms with E-state index in [9.17, 15) is 4.79 Å². The number of amides is 1. The molecule has 0 radical (unpaired) electrons. The van der Waals surface area contributed by atoms with Crippen LogP contribution < -0.4 is 0 Å². The van der Waals surface area contributed by atoms with Gasteiger partial charge in [0.2, 0.25) is 0 Å². The standard InChI is InChI=1S/C17H28N2O3/c1-13(15-9-7-11-21-15)19-10-6-8-14(12-19)18(5)16(20)22-17(2,3)4/h7,9,11,13-14H,6,8,10,12H2,1-5H3/t13-,14-/m1/s1. The van der Waals surface area contributed by atoms with Crippen molar-refractivity contribution in [1.29, 1.82) is 0 Å². The van der Waals surface area contributed by atoms with Crippen molar-refractivity contribution >= 4 is 6.09 Å². The molecular weight excluding hydrogens is 280 g/mol. The maximum absolute atomic E-state index is 12.2. The van der Waals surface area contributed by atoms with E-state index in [1.165, 1.54) is 0 Å². The van der Waals surface area contributed by atoms with Crippen molar-refractivity contribution in [2.75, 3.05) is 20.1 Å². The van der Waals surface area contributed by atoms with Crippen LogP contribution >= 0.6 is 0 Å². The molecule has 1 amide bonds. The van der Waals surface area contributed by atoms with Gasteiger partial charge in [0.05, 0.1) is 12.3 Å². The zero-order valence-corrected chi connectivity index (χ0v) is 14.3. The molecule has 5 nitrogen and oxygen atoms in total. The number of hydrogen-bond acceptors (Lipinski definition) is 4. The molecule has 5 heteroatoms. The van der Waals surface area contributed by atoms with Gasteiger partial charge in [-0.2, -0.15) is 0 Å². The molecule has 2 heterocycles. The van der Waals surface area contributed by atoms with Crippen LogP contribution in [0.15, 0.2) is 22.8 Å². The van der Waals surface area contributed by atoms with Gasteiger partial charge in [-0.3, -0.25) is 4.90 Å². The molecule has 0 aromatic carbocycles. The van der Waals surface area contributed by atoms with Crippen LogP contribution in [0.5, 0.6) is 0 Å². The molecule has 1 aromatic heterocycles. The average molecular weight is 308 g/mol. The Morgan fingerprint density at radius 3 is 2.82 bits per heavy atom. The van der Waals surface area contributed by atoms with E-state index in [1.54, 1.807) is 11.2 Å². The van der Waals surface area contributed by atoms with Crippen LogP contribution in [0.2, 0.25) is 0 Å². The third kappa shape index (κ3) is 4.26. The van der Waals surface area contributed by atoms with E-state index in [4.69, 9.17) is 9.15 Å². The number of likely N-dealkylation sites (N-methyl/N-ethyl adjacent to an activating group) is 1. The highest BCUT2D eigenvalue weighted by molar-refractivity contribution is 5.68. The van der Waals surface area contributed by atoms with Crippen molar-refractivity contribution in [3.63, 3.8) is 0 Å². The summed E-state index contributed by atoms with van der Waals surface area (Å²) in [6, 6.07) is 4.33. The Morgan fingerprint density at radius 2 is 2.23 bits per heavy atom. The smallest absolute Gasteiger partial charge is 0.410 e. The second kappa shape index (κ2) is 6.73. The molecule has 0 spiro atoms. The highest BCUT2D eigenvalue weighted by Crippen LogP contribution is 2.26. The topological polar surface area (TPSA) is 45.9 Å². The summed E-state index contributed by atoms with van der Waals surface area (Å²) in [6.07, 6.45) is 3.55. The van der Waals surface area contributed by atoms with E-state index in [1.807, 2.05) is 40.0 Å². The fourth-order valence-electron chi connectivity index (χ4n) is 2.84. The second-order valence-corrected chi connectivity index (χ2v) is 7.07. The molecule has 124 valence electrons. The molecule has 1 aliphatic heterocycles. The Labute approximate surface area is 133 Å². The first kappa shape index (κ1) is 16.9. The molecule has 1 aromatic rings. The first-order valence-electron chi connectivity index (χ1n) is 8.01. The van der Waals surface area contributed by atoms with Crippen LogP contribution in [0.1, 0.15) is 52.3 Å². The minimum Gasteiger partial charge on any atom is -0.468 e.